The van der Waals surface area contributed by atoms with Gasteiger partial charge < -0.3 is 0 Å². The van der Waals surface area contributed by atoms with Gasteiger partial charge in [0.05, 0.1) is 8.07 Å². The fraction of sp³-hybridized carbons (Fsp3) is 1.00. The van der Waals surface area contributed by atoms with Crippen molar-refractivity contribution in [2.75, 3.05) is 5.33 Å². The topological polar surface area (TPSA) is 0 Å². The van der Waals surface area contributed by atoms with Crippen LogP contribution < -0.4 is 0 Å². The van der Waals surface area contributed by atoms with Gasteiger partial charge in [0, 0.05) is 5.33 Å². The van der Waals surface area contributed by atoms with Crippen molar-refractivity contribution in [2.45, 2.75) is 114 Å². The number of hydrogen-bond acceptors (Lipinski definition) is 0. The molecule has 0 unspecified atom stereocenters. The highest BCUT2D eigenvalue weighted by atomic mass is 79.9. The molecule has 0 aromatic carbocycles. The van der Waals surface area contributed by atoms with Gasteiger partial charge in [0.2, 0.25) is 0 Å². The summed E-state index contributed by atoms with van der Waals surface area (Å²) in [5, 5.41) is 1.20. The van der Waals surface area contributed by atoms with E-state index in [2.05, 4.69) is 22.9 Å². The van der Waals surface area contributed by atoms with E-state index in [9.17, 15) is 0 Å². The second kappa shape index (κ2) is 10.5. The highest BCUT2D eigenvalue weighted by Crippen LogP contribution is 2.49. The Morgan fingerprint density at radius 1 is 0.864 bits per heavy atom. The standard InChI is InChI=1S/C20H39BrSi/c1-2-3-7-16-22(17-8-4-9-18-22)20-13-11-19(12-14-20)10-5-6-15-21/h19-20H,2-18H2,1H3. The second-order valence-corrected chi connectivity index (χ2v) is 14.1. The third kappa shape index (κ3) is 5.65. The molecule has 130 valence electrons. The molecule has 1 aliphatic carbocycles. The predicted molar refractivity (Wildman–Crippen MR) is 107 cm³/mol. The lowest BCUT2D eigenvalue weighted by atomic mass is 9.85. The predicted octanol–water partition coefficient (Wildman–Crippen LogP) is 7.93. The minimum absolute atomic E-state index is 0.894. The van der Waals surface area contributed by atoms with E-state index >= 15 is 0 Å². The van der Waals surface area contributed by atoms with E-state index in [1.165, 1.54) is 43.0 Å². The van der Waals surface area contributed by atoms with E-state index in [4.69, 9.17) is 0 Å². The summed E-state index contributed by atoms with van der Waals surface area (Å²) in [5.41, 5.74) is 1.22. The summed E-state index contributed by atoms with van der Waals surface area (Å²) < 4.78 is 0. The zero-order valence-corrected chi connectivity index (χ0v) is 17.6. The smallest absolute Gasteiger partial charge is 0.0566 e. The van der Waals surface area contributed by atoms with Crippen LogP contribution in [0, 0.1) is 5.92 Å². The molecule has 0 bridgehead atoms. The normalized spacial score (nSPS) is 28.6. The lowest BCUT2D eigenvalue weighted by Gasteiger charge is -2.45. The van der Waals surface area contributed by atoms with Gasteiger partial charge in [-0.3, -0.25) is 0 Å². The van der Waals surface area contributed by atoms with E-state index in [1.54, 1.807) is 69.5 Å². The molecule has 0 amide bonds. The molecule has 0 aromatic rings. The van der Waals surface area contributed by atoms with Crippen LogP contribution in [0.25, 0.3) is 0 Å². The zero-order valence-electron chi connectivity index (χ0n) is 15.1. The first kappa shape index (κ1) is 19.0. The van der Waals surface area contributed by atoms with Gasteiger partial charge in [-0.15, -0.1) is 0 Å². The lowest BCUT2D eigenvalue weighted by Crippen LogP contribution is -2.43. The van der Waals surface area contributed by atoms with Crippen molar-refractivity contribution in [1.29, 1.82) is 0 Å². The summed E-state index contributed by atoms with van der Waals surface area (Å²) in [6.45, 7) is 2.37. The van der Waals surface area contributed by atoms with E-state index in [-0.39, 0.29) is 0 Å². The van der Waals surface area contributed by atoms with Crippen LogP contribution in [0.15, 0.2) is 0 Å². The molecule has 1 heterocycles. The minimum Gasteiger partial charge on any atom is -0.0928 e. The molecule has 1 saturated carbocycles. The molecule has 0 radical (unpaired) electrons. The van der Waals surface area contributed by atoms with Crippen LogP contribution in [0.5, 0.6) is 0 Å². The monoisotopic (exact) mass is 386 g/mol. The molecule has 0 spiro atoms. The Bertz CT molecular complexity index is 277. The van der Waals surface area contributed by atoms with E-state index in [0.29, 0.717) is 0 Å². The average molecular weight is 388 g/mol. The molecule has 2 rings (SSSR count). The summed E-state index contributed by atoms with van der Waals surface area (Å²) >= 11 is 3.58. The van der Waals surface area contributed by atoms with Crippen molar-refractivity contribution in [3.05, 3.63) is 0 Å². The minimum atomic E-state index is -0.894. The summed E-state index contributed by atoms with van der Waals surface area (Å²) in [4.78, 5) is 0. The molecular formula is C20H39BrSi. The van der Waals surface area contributed by atoms with Crippen LogP contribution in [-0.2, 0) is 0 Å². The number of hydrogen-bond donors (Lipinski definition) is 0. The third-order valence-electron chi connectivity index (χ3n) is 6.84. The molecule has 2 fully saturated rings. The van der Waals surface area contributed by atoms with Gasteiger partial charge >= 0.3 is 0 Å². The summed E-state index contributed by atoms with van der Waals surface area (Å²) in [6.07, 6.45) is 19.9. The Balaban J connectivity index is 1.81. The van der Waals surface area contributed by atoms with Crippen molar-refractivity contribution in [2.24, 2.45) is 5.92 Å². The molecule has 1 saturated heterocycles. The van der Waals surface area contributed by atoms with Gasteiger partial charge in [0.25, 0.3) is 0 Å². The molecule has 0 nitrogen and oxygen atoms in total. The SMILES string of the molecule is CCCCC[Si]1(C2CCC(CCCCBr)CC2)CCCCC1. The fourth-order valence-corrected chi connectivity index (χ4v) is 12.2. The van der Waals surface area contributed by atoms with Gasteiger partial charge in [-0.1, -0.05) is 118 Å². The Hall–Kier alpha value is 0.697. The van der Waals surface area contributed by atoms with Crippen molar-refractivity contribution in [3.63, 3.8) is 0 Å². The number of rotatable bonds is 9. The Kier molecular flexibility index (Phi) is 9.11. The van der Waals surface area contributed by atoms with Crippen LogP contribution in [0.2, 0.25) is 23.7 Å². The molecule has 0 aromatic heterocycles. The van der Waals surface area contributed by atoms with Gasteiger partial charge in [0.1, 0.15) is 0 Å². The molecule has 2 aliphatic rings. The van der Waals surface area contributed by atoms with Gasteiger partial charge in [-0.05, 0) is 17.9 Å². The van der Waals surface area contributed by atoms with Crippen molar-refractivity contribution >= 4 is 24.0 Å². The molecule has 0 N–H and O–H groups in total. The maximum atomic E-state index is 3.58. The number of alkyl halides is 1. The first-order chi connectivity index (χ1) is 10.8. The van der Waals surface area contributed by atoms with E-state index < -0.39 is 8.07 Å². The molecule has 2 heteroatoms. The van der Waals surface area contributed by atoms with E-state index in [1.807, 2.05) is 0 Å². The number of halogens is 1. The lowest BCUT2D eigenvalue weighted by molar-refractivity contribution is 0.324. The summed E-state index contributed by atoms with van der Waals surface area (Å²) in [5.74, 6) is 1.08. The van der Waals surface area contributed by atoms with Gasteiger partial charge in [-0.2, -0.15) is 0 Å². The number of unbranched alkanes of at least 4 members (excludes halogenated alkanes) is 3. The van der Waals surface area contributed by atoms with Crippen LogP contribution in [-0.4, -0.2) is 13.4 Å². The maximum Gasteiger partial charge on any atom is 0.0566 e. The van der Waals surface area contributed by atoms with Crippen LogP contribution in [0.4, 0.5) is 0 Å². The van der Waals surface area contributed by atoms with E-state index in [0.717, 1.165) is 5.92 Å². The summed E-state index contributed by atoms with van der Waals surface area (Å²) in [6, 6.07) is 5.10. The van der Waals surface area contributed by atoms with Gasteiger partial charge in [-0.25, -0.2) is 0 Å². The third-order valence-corrected chi connectivity index (χ3v) is 13.8. The zero-order chi connectivity index (χ0) is 15.7. The van der Waals surface area contributed by atoms with Crippen molar-refractivity contribution in [1.82, 2.24) is 0 Å². The second-order valence-electron chi connectivity index (χ2n) is 8.28. The highest BCUT2D eigenvalue weighted by molar-refractivity contribution is 9.09. The quantitative estimate of drug-likeness (QED) is 0.214. The summed E-state index contributed by atoms with van der Waals surface area (Å²) in [7, 11) is -0.894. The molecule has 1 aliphatic heterocycles. The first-order valence-electron chi connectivity index (χ1n) is 10.4. The molecule has 22 heavy (non-hydrogen) atoms. The van der Waals surface area contributed by atoms with Crippen LogP contribution in [0.1, 0.15) is 90.4 Å². The Labute approximate surface area is 149 Å². The average Bonchev–Trinajstić information content (AvgIpc) is 2.57. The first-order valence-corrected chi connectivity index (χ1v) is 14.2. The largest absolute Gasteiger partial charge is 0.0928 e. The van der Waals surface area contributed by atoms with Crippen LogP contribution >= 0.6 is 15.9 Å². The van der Waals surface area contributed by atoms with Crippen molar-refractivity contribution < 1.29 is 0 Å². The van der Waals surface area contributed by atoms with Crippen molar-refractivity contribution in [3.8, 4) is 0 Å². The van der Waals surface area contributed by atoms with Gasteiger partial charge in [0.15, 0.2) is 0 Å². The Morgan fingerprint density at radius 3 is 2.23 bits per heavy atom. The van der Waals surface area contributed by atoms with Crippen LogP contribution in [0.3, 0.4) is 0 Å². The molecule has 0 atom stereocenters. The highest BCUT2D eigenvalue weighted by Gasteiger charge is 2.42. The maximum absolute atomic E-state index is 3.58. The molecular weight excluding hydrogens is 348 g/mol. The Morgan fingerprint density at radius 2 is 1.59 bits per heavy atom. The fourth-order valence-electron chi connectivity index (χ4n) is 5.44.